The second-order valence-corrected chi connectivity index (χ2v) is 10.2. The fraction of sp³-hybridized carbons (Fsp3) is 0.769. The van der Waals surface area contributed by atoms with Gasteiger partial charge in [-0.25, -0.2) is 15.0 Å². The molecule has 3 rings (SSSR count). The van der Waals surface area contributed by atoms with Crippen LogP contribution >= 0.6 is 0 Å². The van der Waals surface area contributed by atoms with Crippen molar-refractivity contribution in [1.29, 1.82) is 0 Å². The van der Waals surface area contributed by atoms with Crippen molar-refractivity contribution in [2.75, 3.05) is 0 Å². The molecule has 0 saturated carbocycles. The standard InChI is InChI=1S/3C8H15N3.2CH4/c3*1-5(2)7-9-8(6(3)4)11-10-7;;/h3*5-6H,1-4H3,(H,9,10,11);2*1H4. The van der Waals surface area contributed by atoms with Crippen LogP contribution in [0.1, 0.15) is 168 Å². The molecule has 0 bridgehead atoms. The average Bonchev–Trinajstić information content (AvgIpc) is 3.49. The third-order valence-corrected chi connectivity index (χ3v) is 4.75. The van der Waals surface area contributed by atoms with Crippen molar-refractivity contribution in [3.63, 3.8) is 0 Å². The summed E-state index contributed by atoms with van der Waals surface area (Å²) in [6.45, 7) is 25.2. The third-order valence-electron chi connectivity index (χ3n) is 4.75. The lowest BCUT2D eigenvalue weighted by Gasteiger charge is -1.96. The maximum Gasteiger partial charge on any atom is 0.153 e. The van der Waals surface area contributed by atoms with Crippen LogP contribution < -0.4 is 0 Å². The van der Waals surface area contributed by atoms with E-state index < -0.39 is 0 Å². The van der Waals surface area contributed by atoms with Gasteiger partial charge in [-0.1, -0.05) is 97.9 Å². The van der Waals surface area contributed by atoms with Crippen molar-refractivity contribution in [3.05, 3.63) is 34.9 Å². The summed E-state index contributed by atoms with van der Waals surface area (Å²) in [7, 11) is 0. The van der Waals surface area contributed by atoms with Crippen LogP contribution in [0.4, 0.5) is 0 Å². The Morgan fingerprint density at radius 2 is 0.571 bits per heavy atom. The molecule has 3 aromatic heterocycles. The number of rotatable bonds is 6. The van der Waals surface area contributed by atoms with E-state index in [0.29, 0.717) is 35.5 Å². The first-order valence-electron chi connectivity index (χ1n) is 12.1. The Kier molecular flexibility index (Phi) is 16.0. The minimum absolute atomic E-state index is 0. The van der Waals surface area contributed by atoms with E-state index in [1.807, 2.05) is 0 Å². The van der Waals surface area contributed by atoms with E-state index in [1.54, 1.807) is 0 Å². The first-order chi connectivity index (χ1) is 15.3. The summed E-state index contributed by atoms with van der Waals surface area (Å²) in [4.78, 5) is 13.0. The molecule has 0 atom stereocenters. The predicted octanol–water partition coefficient (Wildman–Crippen LogP) is 7.43. The molecule has 0 aliphatic heterocycles. The van der Waals surface area contributed by atoms with Gasteiger partial charge in [0.15, 0.2) is 17.5 Å². The van der Waals surface area contributed by atoms with E-state index in [0.717, 1.165) is 34.9 Å². The predicted molar refractivity (Wildman–Crippen MR) is 147 cm³/mol. The van der Waals surface area contributed by atoms with Crippen molar-refractivity contribution in [1.82, 2.24) is 45.5 Å². The smallest absolute Gasteiger partial charge is 0.153 e. The number of hydrogen-bond donors (Lipinski definition) is 3. The summed E-state index contributed by atoms with van der Waals surface area (Å²) in [6.07, 6.45) is 0. The summed E-state index contributed by atoms with van der Waals surface area (Å²) in [5, 5.41) is 21.1. The molecule has 0 radical (unpaired) electrons. The van der Waals surface area contributed by atoms with Crippen LogP contribution in [0.3, 0.4) is 0 Å². The topological polar surface area (TPSA) is 125 Å². The van der Waals surface area contributed by atoms with Gasteiger partial charge in [-0.2, -0.15) is 15.3 Å². The second-order valence-electron chi connectivity index (χ2n) is 10.2. The van der Waals surface area contributed by atoms with E-state index in [2.05, 4.69) is 129 Å². The molecule has 0 amide bonds. The molecule has 3 N–H and O–H groups in total. The first kappa shape index (κ1) is 34.6. The van der Waals surface area contributed by atoms with Crippen molar-refractivity contribution in [3.8, 4) is 0 Å². The fourth-order valence-electron chi connectivity index (χ4n) is 2.41. The van der Waals surface area contributed by atoms with Gasteiger partial charge in [0.2, 0.25) is 0 Å². The number of aromatic amines is 3. The highest BCUT2D eigenvalue weighted by Gasteiger charge is 2.10. The lowest BCUT2D eigenvalue weighted by molar-refractivity contribution is 0.769. The van der Waals surface area contributed by atoms with Gasteiger partial charge in [0.1, 0.15) is 17.5 Å². The van der Waals surface area contributed by atoms with Crippen LogP contribution in [-0.4, -0.2) is 45.5 Å². The number of hydrogen-bond acceptors (Lipinski definition) is 6. The van der Waals surface area contributed by atoms with Crippen LogP contribution in [0.2, 0.25) is 0 Å². The molecule has 3 heterocycles. The van der Waals surface area contributed by atoms with Gasteiger partial charge < -0.3 is 0 Å². The highest BCUT2D eigenvalue weighted by Crippen LogP contribution is 2.14. The van der Waals surface area contributed by atoms with Gasteiger partial charge in [-0.15, -0.1) is 0 Å². The molecule has 9 nitrogen and oxygen atoms in total. The minimum atomic E-state index is 0. The van der Waals surface area contributed by atoms with Gasteiger partial charge >= 0.3 is 0 Å². The van der Waals surface area contributed by atoms with Crippen molar-refractivity contribution in [2.45, 2.75) is 133 Å². The maximum absolute atomic E-state index is 4.34. The number of nitrogens with one attached hydrogen (secondary N) is 3. The Labute approximate surface area is 214 Å². The molecule has 0 spiro atoms. The van der Waals surface area contributed by atoms with Gasteiger partial charge in [0.05, 0.1) is 0 Å². The maximum atomic E-state index is 4.34. The molecule has 0 aliphatic rings. The third kappa shape index (κ3) is 11.6. The van der Waals surface area contributed by atoms with Crippen molar-refractivity contribution >= 4 is 0 Å². The SMILES string of the molecule is C.C.CC(C)c1n[nH]c(C(C)C)n1.CC(C)c1n[nH]c(C(C)C)n1.CC(C)c1n[nH]c(C(C)C)n1. The van der Waals surface area contributed by atoms with Gasteiger partial charge in [-0.05, 0) is 0 Å². The van der Waals surface area contributed by atoms with E-state index in [-0.39, 0.29) is 14.9 Å². The molecule has 202 valence electrons. The Hall–Kier alpha value is -2.58. The quantitative estimate of drug-likeness (QED) is 0.329. The molecule has 0 aromatic carbocycles. The fourth-order valence-corrected chi connectivity index (χ4v) is 2.41. The molecule has 35 heavy (non-hydrogen) atoms. The molecule has 0 fully saturated rings. The van der Waals surface area contributed by atoms with Gasteiger partial charge in [0.25, 0.3) is 0 Å². The molecule has 0 unspecified atom stereocenters. The monoisotopic (exact) mass is 491 g/mol. The van der Waals surface area contributed by atoms with Crippen molar-refractivity contribution < 1.29 is 0 Å². The largest absolute Gasteiger partial charge is 0.263 e. The lowest BCUT2D eigenvalue weighted by Crippen LogP contribution is -1.92. The van der Waals surface area contributed by atoms with Gasteiger partial charge in [0, 0.05) is 35.5 Å². The zero-order chi connectivity index (χ0) is 25.3. The molecular formula is C26H53N9. The highest BCUT2D eigenvalue weighted by molar-refractivity contribution is 4.99. The van der Waals surface area contributed by atoms with Crippen LogP contribution in [-0.2, 0) is 0 Å². The summed E-state index contributed by atoms with van der Waals surface area (Å²) in [6, 6.07) is 0. The summed E-state index contributed by atoms with van der Waals surface area (Å²) >= 11 is 0. The van der Waals surface area contributed by atoms with Crippen LogP contribution in [0.5, 0.6) is 0 Å². The normalized spacial score (nSPS) is 10.8. The Balaban J connectivity index is 0. The molecule has 0 saturated heterocycles. The molecule has 9 heteroatoms. The van der Waals surface area contributed by atoms with Crippen LogP contribution in [0, 0.1) is 0 Å². The average molecular weight is 492 g/mol. The second kappa shape index (κ2) is 16.2. The Morgan fingerprint density at radius 1 is 0.371 bits per heavy atom. The van der Waals surface area contributed by atoms with E-state index in [4.69, 9.17) is 0 Å². The molecule has 0 aliphatic carbocycles. The number of H-pyrrole nitrogens is 3. The number of nitrogens with zero attached hydrogens (tertiary/aromatic N) is 6. The van der Waals surface area contributed by atoms with Crippen LogP contribution in [0.15, 0.2) is 0 Å². The highest BCUT2D eigenvalue weighted by atomic mass is 15.2. The molecular weight excluding hydrogens is 438 g/mol. The van der Waals surface area contributed by atoms with Gasteiger partial charge in [-0.3, -0.25) is 15.3 Å². The van der Waals surface area contributed by atoms with E-state index in [1.165, 1.54) is 0 Å². The number of aromatic nitrogens is 9. The van der Waals surface area contributed by atoms with E-state index in [9.17, 15) is 0 Å². The minimum Gasteiger partial charge on any atom is -0.263 e. The zero-order valence-electron chi connectivity index (χ0n) is 22.6. The summed E-state index contributed by atoms with van der Waals surface area (Å²) in [5.41, 5.74) is 0. The lowest BCUT2D eigenvalue weighted by atomic mass is 10.2. The first-order valence-corrected chi connectivity index (χ1v) is 12.1. The Bertz CT molecular complexity index is 728. The van der Waals surface area contributed by atoms with Crippen LogP contribution in [0.25, 0.3) is 0 Å². The summed E-state index contributed by atoms with van der Waals surface area (Å²) < 4.78 is 0. The molecule has 3 aromatic rings. The summed E-state index contributed by atoms with van der Waals surface area (Å²) in [5.74, 6) is 8.24. The van der Waals surface area contributed by atoms with Crippen molar-refractivity contribution in [2.24, 2.45) is 0 Å². The van der Waals surface area contributed by atoms with E-state index >= 15 is 0 Å². The Morgan fingerprint density at radius 3 is 0.657 bits per heavy atom. The zero-order valence-corrected chi connectivity index (χ0v) is 22.6.